The van der Waals surface area contributed by atoms with Crippen molar-refractivity contribution in [1.29, 1.82) is 0 Å². The molecule has 0 aliphatic rings. The molecule has 1 heterocycles. The van der Waals surface area contributed by atoms with Crippen LogP contribution in [0.5, 0.6) is 0 Å². The van der Waals surface area contributed by atoms with Crippen molar-refractivity contribution in [2.24, 2.45) is 5.73 Å². The Morgan fingerprint density at radius 2 is 2.23 bits per heavy atom. The van der Waals surface area contributed by atoms with E-state index < -0.39 is 6.43 Å². The van der Waals surface area contributed by atoms with Crippen LogP contribution in [0.25, 0.3) is 0 Å². The lowest BCUT2D eigenvalue weighted by molar-refractivity contribution is 0.149. The van der Waals surface area contributed by atoms with Crippen molar-refractivity contribution < 1.29 is 8.78 Å². The molecule has 1 rings (SSSR count). The summed E-state index contributed by atoms with van der Waals surface area (Å²) in [6.45, 7) is -0.0314. The molecule has 1 aromatic heterocycles. The van der Waals surface area contributed by atoms with Gasteiger partial charge in [0.25, 0.3) is 6.43 Å². The Hall–Kier alpha value is -0.0100. The van der Waals surface area contributed by atoms with Gasteiger partial charge in [-0.25, -0.2) is 8.78 Å². The van der Waals surface area contributed by atoms with Gasteiger partial charge in [0.05, 0.1) is 19.9 Å². The highest BCUT2D eigenvalue weighted by molar-refractivity contribution is 14.1. The molecule has 2 nitrogen and oxygen atoms in total. The Labute approximate surface area is 92.6 Å². The summed E-state index contributed by atoms with van der Waals surface area (Å²) in [5.41, 5.74) is 5.15. The van der Waals surface area contributed by atoms with Crippen molar-refractivity contribution in [3.63, 3.8) is 0 Å². The van der Waals surface area contributed by atoms with E-state index in [0.29, 0.717) is 3.57 Å². The van der Waals surface area contributed by atoms with E-state index in [-0.39, 0.29) is 22.8 Å². The highest BCUT2D eigenvalue weighted by Crippen LogP contribution is 2.32. The maximum Gasteiger partial charge on any atom is 0.267 e. The second-order valence-corrected chi connectivity index (χ2v) is 3.83. The van der Waals surface area contributed by atoms with E-state index in [0.717, 1.165) is 0 Å². The monoisotopic (exact) mass is 318 g/mol. The number of alkyl halides is 2. The van der Waals surface area contributed by atoms with Crippen LogP contribution in [0.1, 0.15) is 17.7 Å². The highest BCUT2D eigenvalue weighted by Gasteiger charge is 2.19. The summed E-state index contributed by atoms with van der Waals surface area (Å²) in [6, 6.07) is 0. The van der Waals surface area contributed by atoms with Crippen LogP contribution in [0.3, 0.4) is 0 Å². The van der Waals surface area contributed by atoms with Crippen LogP contribution in [0, 0.1) is 3.57 Å². The number of hydrogen-bond acceptors (Lipinski definition) is 2. The maximum absolute atomic E-state index is 12.5. The largest absolute Gasteiger partial charge is 0.325 e. The van der Waals surface area contributed by atoms with Gasteiger partial charge in [0, 0.05) is 12.7 Å². The van der Waals surface area contributed by atoms with Gasteiger partial charge in [0.1, 0.15) is 0 Å². The Kier molecular flexibility index (Phi) is 3.81. The van der Waals surface area contributed by atoms with Crippen molar-refractivity contribution in [1.82, 2.24) is 4.98 Å². The summed E-state index contributed by atoms with van der Waals surface area (Å²) in [5.74, 6) is 0. The van der Waals surface area contributed by atoms with E-state index in [1.54, 1.807) is 0 Å². The number of rotatable bonds is 2. The summed E-state index contributed by atoms with van der Waals surface area (Å²) in [7, 11) is 0. The Bertz CT molecular complexity index is 320. The summed E-state index contributed by atoms with van der Waals surface area (Å²) in [5, 5.41) is 0.0473. The van der Waals surface area contributed by atoms with Crippen molar-refractivity contribution >= 4 is 34.2 Å². The third kappa shape index (κ3) is 2.26. The summed E-state index contributed by atoms with van der Waals surface area (Å²) in [6.07, 6.45) is -1.20. The van der Waals surface area contributed by atoms with Gasteiger partial charge in [-0.15, -0.1) is 0 Å². The van der Waals surface area contributed by atoms with Crippen LogP contribution >= 0.6 is 34.2 Å². The van der Waals surface area contributed by atoms with Crippen LogP contribution < -0.4 is 5.73 Å². The van der Waals surface area contributed by atoms with Crippen LogP contribution in [0.4, 0.5) is 8.78 Å². The standard InChI is InChI=1S/C7H6ClF2IN2/c8-6-3(11)2-13-4(1-12)5(6)7(9)10/h2,7H,1,12H2. The zero-order valence-corrected chi connectivity index (χ0v) is 9.31. The summed E-state index contributed by atoms with van der Waals surface area (Å²) < 4.78 is 25.5. The van der Waals surface area contributed by atoms with Gasteiger partial charge in [-0.1, -0.05) is 11.6 Å². The fourth-order valence-electron chi connectivity index (χ4n) is 0.901. The second kappa shape index (κ2) is 4.47. The second-order valence-electron chi connectivity index (χ2n) is 2.29. The average molecular weight is 318 g/mol. The lowest BCUT2D eigenvalue weighted by atomic mass is 10.2. The van der Waals surface area contributed by atoms with E-state index in [1.165, 1.54) is 6.20 Å². The molecule has 0 atom stereocenters. The molecule has 1 aromatic rings. The average Bonchev–Trinajstić information content (AvgIpc) is 2.08. The number of hydrogen-bond donors (Lipinski definition) is 1. The first kappa shape index (κ1) is 11.1. The molecule has 2 N–H and O–H groups in total. The Morgan fingerprint density at radius 3 is 2.69 bits per heavy atom. The minimum atomic E-state index is -2.63. The van der Waals surface area contributed by atoms with Crippen LogP contribution in [-0.4, -0.2) is 4.98 Å². The van der Waals surface area contributed by atoms with E-state index in [9.17, 15) is 8.78 Å². The molecular weight excluding hydrogens is 312 g/mol. The van der Waals surface area contributed by atoms with E-state index in [1.807, 2.05) is 22.6 Å². The smallest absolute Gasteiger partial charge is 0.267 e. The summed E-state index contributed by atoms with van der Waals surface area (Å²) in [4.78, 5) is 3.78. The SMILES string of the molecule is NCc1ncc(I)c(Cl)c1C(F)F. The molecule has 0 unspecified atom stereocenters. The van der Waals surface area contributed by atoms with Crippen LogP contribution in [0.2, 0.25) is 5.02 Å². The quantitative estimate of drug-likeness (QED) is 0.852. The zero-order chi connectivity index (χ0) is 10.0. The molecule has 0 aliphatic carbocycles. The number of nitrogens with two attached hydrogens (primary N) is 1. The predicted octanol–water partition coefficient (Wildman–Crippen LogP) is 2.74. The van der Waals surface area contributed by atoms with Crippen molar-refractivity contribution in [2.45, 2.75) is 13.0 Å². The van der Waals surface area contributed by atoms with Gasteiger partial charge in [0.15, 0.2) is 0 Å². The molecule has 0 saturated heterocycles. The Morgan fingerprint density at radius 1 is 1.62 bits per heavy atom. The molecule has 13 heavy (non-hydrogen) atoms. The van der Waals surface area contributed by atoms with Crippen LogP contribution in [-0.2, 0) is 6.54 Å². The fourth-order valence-corrected chi connectivity index (χ4v) is 1.57. The predicted molar refractivity (Wildman–Crippen MR) is 54.8 cm³/mol. The zero-order valence-electron chi connectivity index (χ0n) is 6.40. The van der Waals surface area contributed by atoms with Crippen molar-refractivity contribution in [3.8, 4) is 0 Å². The van der Waals surface area contributed by atoms with Crippen LogP contribution in [0.15, 0.2) is 6.20 Å². The first-order valence-corrected chi connectivity index (χ1v) is 4.84. The lowest BCUT2D eigenvalue weighted by Gasteiger charge is -2.08. The molecular formula is C7H6ClF2IN2. The molecule has 0 bridgehead atoms. The van der Waals surface area contributed by atoms with E-state index >= 15 is 0 Å². The van der Waals surface area contributed by atoms with Gasteiger partial charge in [0.2, 0.25) is 0 Å². The minimum absolute atomic E-state index is 0.0314. The molecule has 0 amide bonds. The normalized spacial score (nSPS) is 10.9. The molecule has 72 valence electrons. The lowest BCUT2D eigenvalue weighted by Crippen LogP contribution is -2.06. The molecule has 0 fully saturated rings. The van der Waals surface area contributed by atoms with Crippen molar-refractivity contribution in [3.05, 3.63) is 26.0 Å². The fraction of sp³-hybridized carbons (Fsp3) is 0.286. The number of nitrogens with zero attached hydrogens (tertiary/aromatic N) is 1. The van der Waals surface area contributed by atoms with E-state index in [2.05, 4.69) is 4.98 Å². The van der Waals surface area contributed by atoms with Gasteiger partial charge < -0.3 is 5.73 Å². The van der Waals surface area contributed by atoms with E-state index in [4.69, 9.17) is 17.3 Å². The van der Waals surface area contributed by atoms with Crippen molar-refractivity contribution in [2.75, 3.05) is 0 Å². The number of pyridine rings is 1. The maximum atomic E-state index is 12.5. The molecule has 0 aliphatic heterocycles. The van der Waals surface area contributed by atoms with Gasteiger partial charge >= 0.3 is 0 Å². The minimum Gasteiger partial charge on any atom is -0.325 e. The molecule has 0 spiro atoms. The molecule has 6 heteroatoms. The third-order valence-electron chi connectivity index (χ3n) is 1.50. The van der Waals surface area contributed by atoms with Gasteiger partial charge in [-0.2, -0.15) is 0 Å². The number of aromatic nitrogens is 1. The van der Waals surface area contributed by atoms with Gasteiger partial charge in [-0.05, 0) is 22.6 Å². The first-order chi connectivity index (χ1) is 6.07. The highest BCUT2D eigenvalue weighted by atomic mass is 127. The first-order valence-electron chi connectivity index (χ1n) is 3.39. The third-order valence-corrected chi connectivity index (χ3v) is 3.05. The summed E-state index contributed by atoms with van der Waals surface area (Å²) >= 11 is 7.54. The molecule has 0 radical (unpaired) electrons. The topological polar surface area (TPSA) is 38.9 Å². The number of halogens is 4. The molecule has 0 saturated carbocycles. The van der Waals surface area contributed by atoms with Gasteiger partial charge in [-0.3, -0.25) is 4.98 Å². The Balaban J connectivity index is 3.32. The molecule has 0 aromatic carbocycles.